The Bertz CT molecular complexity index is 927. The minimum absolute atomic E-state index is 0.123. The van der Waals surface area contributed by atoms with Crippen molar-refractivity contribution in [2.75, 3.05) is 27.9 Å². The molecule has 5 nitrogen and oxygen atoms in total. The number of ether oxygens (including phenoxy) is 4. The Kier molecular flexibility index (Phi) is 5.99. The van der Waals surface area contributed by atoms with E-state index in [4.69, 9.17) is 23.4 Å². The number of hydrogen-bond acceptors (Lipinski definition) is 5. The molecule has 1 atom stereocenters. The highest BCUT2D eigenvalue weighted by molar-refractivity contribution is 6.74. The molecule has 158 valence electrons. The highest BCUT2D eigenvalue weighted by Gasteiger charge is 2.38. The standard InChI is InChI=1S/C23H32O5Si/c1-23(2,3)29(7,8)27-14-15-13-18-19(22(26-6)28-15)21(25-5)17-12-10-9-11-16(17)20(18)24-4/h9-13,22H,14H2,1-8H3. The van der Waals surface area contributed by atoms with Gasteiger partial charge in [-0.3, -0.25) is 0 Å². The van der Waals surface area contributed by atoms with Gasteiger partial charge in [-0.25, -0.2) is 0 Å². The van der Waals surface area contributed by atoms with Gasteiger partial charge < -0.3 is 23.4 Å². The molecule has 1 heterocycles. The summed E-state index contributed by atoms with van der Waals surface area (Å²) in [5.74, 6) is 2.25. The molecule has 6 heteroatoms. The normalized spacial score (nSPS) is 16.8. The monoisotopic (exact) mass is 416 g/mol. The Morgan fingerprint density at radius 2 is 1.55 bits per heavy atom. The van der Waals surface area contributed by atoms with Gasteiger partial charge in [0.1, 0.15) is 17.3 Å². The summed E-state index contributed by atoms with van der Waals surface area (Å²) in [7, 11) is 3.07. The van der Waals surface area contributed by atoms with Gasteiger partial charge in [0.2, 0.25) is 6.29 Å². The highest BCUT2D eigenvalue weighted by Crippen LogP contribution is 2.48. The average molecular weight is 417 g/mol. The van der Waals surface area contributed by atoms with Crippen LogP contribution in [0.5, 0.6) is 11.5 Å². The predicted molar refractivity (Wildman–Crippen MR) is 119 cm³/mol. The maximum Gasteiger partial charge on any atom is 0.230 e. The molecule has 0 aromatic heterocycles. The Balaban J connectivity index is 2.12. The molecule has 1 aliphatic rings. The lowest BCUT2D eigenvalue weighted by Gasteiger charge is -2.37. The summed E-state index contributed by atoms with van der Waals surface area (Å²) in [4.78, 5) is 0. The first kappa shape index (κ1) is 21.7. The second-order valence-electron chi connectivity index (χ2n) is 8.78. The molecule has 0 saturated carbocycles. The van der Waals surface area contributed by atoms with Gasteiger partial charge >= 0.3 is 0 Å². The van der Waals surface area contributed by atoms with Gasteiger partial charge in [0, 0.05) is 23.4 Å². The van der Waals surface area contributed by atoms with Crippen molar-refractivity contribution in [3.8, 4) is 11.5 Å². The van der Waals surface area contributed by atoms with E-state index >= 15 is 0 Å². The zero-order valence-corrected chi connectivity index (χ0v) is 19.7. The van der Waals surface area contributed by atoms with Gasteiger partial charge in [0.05, 0.1) is 26.4 Å². The quantitative estimate of drug-likeness (QED) is 0.549. The third-order valence-corrected chi connectivity index (χ3v) is 10.5. The first-order chi connectivity index (χ1) is 13.6. The summed E-state index contributed by atoms with van der Waals surface area (Å²) in [5, 5.41) is 2.08. The molecule has 1 unspecified atom stereocenters. The first-order valence-electron chi connectivity index (χ1n) is 9.85. The fourth-order valence-electron chi connectivity index (χ4n) is 3.33. The summed E-state index contributed by atoms with van der Waals surface area (Å²) >= 11 is 0. The van der Waals surface area contributed by atoms with Crippen molar-refractivity contribution in [2.24, 2.45) is 0 Å². The number of hydrogen-bond donors (Lipinski definition) is 0. The first-order valence-corrected chi connectivity index (χ1v) is 12.8. The molecule has 2 aromatic rings. The van der Waals surface area contributed by atoms with Crippen molar-refractivity contribution in [1.82, 2.24) is 0 Å². The van der Waals surface area contributed by atoms with E-state index in [1.54, 1.807) is 21.3 Å². The second kappa shape index (κ2) is 8.01. The lowest BCUT2D eigenvalue weighted by Crippen LogP contribution is -2.41. The van der Waals surface area contributed by atoms with Crippen LogP contribution >= 0.6 is 0 Å². The third-order valence-electron chi connectivity index (χ3n) is 6.00. The zero-order valence-electron chi connectivity index (χ0n) is 18.7. The lowest BCUT2D eigenvalue weighted by molar-refractivity contribution is -0.105. The van der Waals surface area contributed by atoms with Crippen LogP contribution in [0, 0.1) is 0 Å². The minimum Gasteiger partial charge on any atom is -0.496 e. The van der Waals surface area contributed by atoms with Crippen LogP contribution in [0.15, 0.2) is 30.0 Å². The molecule has 0 fully saturated rings. The third kappa shape index (κ3) is 3.89. The highest BCUT2D eigenvalue weighted by atomic mass is 28.4. The van der Waals surface area contributed by atoms with Gasteiger partial charge in [0.15, 0.2) is 8.32 Å². The number of benzene rings is 2. The van der Waals surface area contributed by atoms with E-state index in [2.05, 4.69) is 33.9 Å². The molecule has 0 saturated heterocycles. The maximum absolute atomic E-state index is 6.38. The lowest BCUT2D eigenvalue weighted by atomic mass is 9.95. The summed E-state index contributed by atoms with van der Waals surface area (Å²) in [6.07, 6.45) is 1.40. The molecule has 0 amide bonds. The number of methoxy groups -OCH3 is 3. The summed E-state index contributed by atoms with van der Waals surface area (Å²) in [5.41, 5.74) is 1.75. The van der Waals surface area contributed by atoms with Crippen LogP contribution in [0.2, 0.25) is 18.1 Å². The Labute approximate surface area is 174 Å². The van der Waals surface area contributed by atoms with E-state index in [0.717, 1.165) is 39.2 Å². The molecule has 0 aliphatic carbocycles. The Morgan fingerprint density at radius 3 is 2.07 bits per heavy atom. The molecule has 29 heavy (non-hydrogen) atoms. The van der Waals surface area contributed by atoms with Crippen molar-refractivity contribution in [3.05, 3.63) is 41.2 Å². The second-order valence-corrected chi connectivity index (χ2v) is 13.6. The van der Waals surface area contributed by atoms with Crippen LogP contribution < -0.4 is 9.47 Å². The molecule has 0 spiro atoms. The van der Waals surface area contributed by atoms with Gasteiger partial charge in [-0.05, 0) is 24.2 Å². The van der Waals surface area contributed by atoms with Crippen LogP contribution in [-0.4, -0.2) is 36.3 Å². The molecular formula is C23H32O5Si. The fraction of sp³-hybridized carbons (Fsp3) is 0.478. The largest absolute Gasteiger partial charge is 0.496 e. The van der Waals surface area contributed by atoms with Crippen LogP contribution in [0.25, 0.3) is 16.8 Å². The van der Waals surface area contributed by atoms with Crippen LogP contribution in [-0.2, 0) is 13.9 Å². The number of fused-ring (bicyclic) bond motifs is 2. The van der Waals surface area contributed by atoms with E-state index < -0.39 is 14.6 Å². The molecular weight excluding hydrogens is 384 g/mol. The van der Waals surface area contributed by atoms with Gasteiger partial charge in [-0.15, -0.1) is 0 Å². The van der Waals surface area contributed by atoms with E-state index in [1.807, 2.05) is 30.3 Å². The molecule has 0 bridgehead atoms. The topological polar surface area (TPSA) is 46.2 Å². The molecule has 0 N–H and O–H groups in total. The van der Waals surface area contributed by atoms with Crippen molar-refractivity contribution in [1.29, 1.82) is 0 Å². The number of rotatable bonds is 6. The van der Waals surface area contributed by atoms with E-state index in [-0.39, 0.29) is 5.04 Å². The van der Waals surface area contributed by atoms with Crippen molar-refractivity contribution in [2.45, 2.75) is 45.2 Å². The Hall–Kier alpha value is -2.02. The van der Waals surface area contributed by atoms with Crippen LogP contribution in [0.3, 0.4) is 0 Å². The zero-order chi connectivity index (χ0) is 21.4. The summed E-state index contributed by atoms with van der Waals surface area (Å²) < 4.78 is 29.8. The van der Waals surface area contributed by atoms with Gasteiger partial charge in [0.25, 0.3) is 0 Å². The van der Waals surface area contributed by atoms with Crippen LogP contribution in [0.1, 0.15) is 38.2 Å². The fourth-order valence-corrected chi connectivity index (χ4v) is 4.27. The van der Waals surface area contributed by atoms with Crippen molar-refractivity contribution < 1.29 is 23.4 Å². The minimum atomic E-state index is -1.91. The summed E-state index contributed by atoms with van der Waals surface area (Å²) in [6, 6.07) is 8.03. The molecule has 0 radical (unpaired) electrons. The predicted octanol–water partition coefficient (Wildman–Crippen LogP) is 5.89. The van der Waals surface area contributed by atoms with Crippen molar-refractivity contribution >= 4 is 25.2 Å². The van der Waals surface area contributed by atoms with Gasteiger partial charge in [-0.2, -0.15) is 0 Å². The van der Waals surface area contributed by atoms with E-state index in [9.17, 15) is 0 Å². The Morgan fingerprint density at radius 1 is 0.966 bits per heavy atom. The SMILES string of the molecule is COc1c2c(c(OC)c3ccccc13)C(OC)OC(CO[Si](C)(C)C(C)(C)C)=C2. The maximum atomic E-state index is 6.38. The van der Waals surface area contributed by atoms with Gasteiger partial charge in [-0.1, -0.05) is 45.0 Å². The van der Waals surface area contributed by atoms with E-state index in [0.29, 0.717) is 6.61 Å². The van der Waals surface area contributed by atoms with Crippen LogP contribution in [0.4, 0.5) is 0 Å². The van der Waals surface area contributed by atoms with E-state index in [1.165, 1.54) is 0 Å². The summed E-state index contributed by atoms with van der Waals surface area (Å²) in [6.45, 7) is 11.5. The molecule has 3 rings (SSSR count). The smallest absolute Gasteiger partial charge is 0.230 e. The average Bonchev–Trinajstić information content (AvgIpc) is 2.69. The molecule has 2 aromatic carbocycles. The van der Waals surface area contributed by atoms with Crippen molar-refractivity contribution in [3.63, 3.8) is 0 Å². The molecule has 1 aliphatic heterocycles.